The van der Waals surface area contributed by atoms with E-state index in [-0.39, 0.29) is 5.91 Å². The van der Waals surface area contributed by atoms with Gasteiger partial charge in [-0.2, -0.15) is 0 Å². The van der Waals surface area contributed by atoms with E-state index in [1.165, 1.54) is 0 Å². The summed E-state index contributed by atoms with van der Waals surface area (Å²) in [4.78, 5) is 20.4. The zero-order valence-electron chi connectivity index (χ0n) is 12.5. The van der Waals surface area contributed by atoms with E-state index in [1.807, 2.05) is 19.2 Å². The first-order valence-corrected chi connectivity index (χ1v) is 7.10. The van der Waals surface area contributed by atoms with Gasteiger partial charge in [-0.1, -0.05) is 13.3 Å². The van der Waals surface area contributed by atoms with Crippen LogP contribution in [0.2, 0.25) is 0 Å². The molecule has 0 aliphatic carbocycles. The summed E-state index contributed by atoms with van der Waals surface area (Å²) in [5, 5.41) is 0. The van der Waals surface area contributed by atoms with Crippen LogP contribution >= 0.6 is 0 Å². The Labute approximate surface area is 116 Å². The first-order valence-electron chi connectivity index (χ1n) is 7.10. The number of carbonyl (C=O) groups excluding carboxylic acids is 1. The molecule has 0 aliphatic rings. The third-order valence-corrected chi connectivity index (χ3v) is 3.28. The van der Waals surface area contributed by atoms with Crippen molar-refractivity contribution in [3.05, 3.63) is 23.9 Å². The second-order valence-corrected chi connectivity index (χ2v) is 4.66. The van der Waals surface area contributed by atoms with Gasteiger partial charge in [0.25, 0.3) is 5.91 Å². The molecule has 0 N–H and O–H groups in total. The summed E-state index contributed by atoms with van der Waals surface area (Å²) in [5.41, 5.74) is 0.662. The molecule has 1 rings (SSSR count). The first kappa shape index (κ1) is 15.5. The largest absolute Gasteiger partial charge is 0.357 e. The number of rotatable bonds is 7. The van der Waals surface area contributed by atoms with Crippen molar-refractivity contribution in [2.75, 3.05) is 31.6 Å². The van der Waals surface area contributed by atoms with E-state index in [2.05, 4.69) is 30.7 Å². The summed E-state index contributed by atoms with van der Waals surface area (Å²) in [7, 11) is 1.84. The quantitative estimate of drug-likeness (QED) is 0.759. The predicted molar refractivity (Wildman–Crippen MR) is 79.7 cm³/mol. The van der Waals surface area contributed by atoms with Gasteiger partial charge in [0.1, 0.15) is 5.82 Å². The number of carbonyl (C=O) groups is 1. The standard InChI is InChI=1S/C15H25N3O/c1-5-8-11-17(4)15(19)13-9-10-14(16-12-13)18(6-2)7-3/h9-10,12H,5-8,11H2,1-4H3. The summed E-state index contributed by atoms with van der Waals surface area (Å²) in [5.74, 6) is 0.977. The lowest BCUT2D eigenvalue weighted by molar-refractivity contribution is 0.0793. The number of pyridine rings is 1. The number of anilines is 1. The fraction of sp³-hybridized carbons (Fsp3) is 0.600. The molecule has 0 unspecified atom stereocenters. The third kappa shape index (κ3) is 4.23. The number of nitrogens with zero attached hydrogens (tertiary/aromatic N) is 3. The van der Waals surface area contributed by atoms with Crippen molar-refractivity contribution >= 4 is 11.7 Å². The molecule has 0 aromatic carbocycles. The molecule has 0 spiro atoms. The average molecular weight is 263 g/mol. The molecule has 4 heteroatoms. The van der Waals surface area contributed by atoms with Crippen LogP contribution in [0.15, 0.2) is 18.3 Å². The van der Waals surface area contributed by atoms with Gasteiger partial charge in [-0.05, 0) is 32.4 Å². The first-order chi connectivity index (χ1) is 9.13. The topological polar surface area (TPSA) is 36.4 Å². The van der Waals surface area contributed by atoms with Crippen LogP contribution in [0.3, 0.4) is 0 Å². The second-order valence-electron chi connectivity index (χ2n) is 4.66. The molecule has 0 atom stereocenters. The number of aromatic nitrogens is 1. The van der Waals surface area contributed by atoms with Gasteiger partial charge < -0.3 is 9.80 Å². The summed E-state index contributed by atoms with van der Waals surface area (Å²) >= 11 is 0. The Morgan fingerprint density at radius 3 is 2.37 bits per heavy atom. The zero-order valence-corrected chi connectivity index (χ0v) is 12.5. The molecule has 0 fully saturated rings. The van der Waals surface area contributed by atoms with Crippen molar-refractivity contribution in [1.29, 1.82) is 0 Å². The molecular weight excluding hydrogens is 238 g/mol. The molecule has 1 amide bonds. The number of hydrogen-bond donors (Lipinski definition) is 0. The highest BCUT2D eigenvalue weighted by Crippen LogP contribution is 2.12. The Balaban J connectivity index is 2.72. The van der Waals surface area contributed by atoms with Gasteiger partial charge in [-0.15, -0.1) is 0 Å². The maximum Gasteiger partial charge on any atom is 0.255 e. The van der Waals surface area contributed by atoms with Crippen LogP contribution in [0.5, 0.6) is 0 Å². The maximum atomic E-state index is 12.1. The monoisotopic (exact) mass is 263 g/mol. The number of unbranched alkanes of at least 4 members (excludes halogenated alkanes) is 1. The smallest absolute Gasteiger partial charge is 0.255 e. The van der Waals surface area contributed by atoms with E-state index in [0.717, 1.165) is 38.3 Å². The summed E-state index contributed by atoms with van der Waals surface area (Å²) in [6, 6.07) is 3.79. The normalized spacial score (nSPS) is 10.3. The Kier molecular flexibility index (Phi) is 6.33. The highest BCUT2D eigenvalue weighted by atomic mass is 16.2. The van der Waals surface area contributed by atoms with Crippen molar-refractivity contribution in [2.24, 2.45) is 0 Å². The molecule has 0 aliphatic heterocycles. The molecule has 4 nitrogen and oxygen atoms in total. The lowest BCUT2D eigenvalue weighted by Crippen LogP contribution is -2.28. The fourth-order valence-electron chi connectivity index (χ4n) is 1.96. The van der Waals surface area contributed by atoms with E-state index >= 15 is 0 Å². The van der Waals surface area contributed by atoms with E-state index in [1.54, 1.807) is 11.1 Å². The van der Waals surface area contributed by atoms with Gasteiger partial charge in [-0.25, -0.2) is 4.98 Å². The minimum Gasteiger partial charge on any atom is -0.357 e. The van der Waals surface area contributed by atoms with Crippen LogP contribution in [0.25, 0.3) is 0 Å². The highest BCUT2D eigenvalue weighted by molar-refractivity contribution is 5.93. The molecule has 1 aromatic heterocycles. The summed E-state index contributed by atoms with van der Waals surface area (Å²) < 4.78 is 0. The molecule has 0 bridgehead atoms. The van der Waals surface area contributed by atoms with E-state index < -0.39 is 0 Å². The van der Waals surface area contributed by atoms with Crippen molar-refractivity contribution in [3.8, 4) is 0 Å². The van der Waals surface area contributed by atoms with Crippen LogP contribution in [0.4, 0.5) is 5.82 Å². The molecule has 19 heavy (non-hydrogen) atoms. The van der Waals surface area contributed by atoms with Crippen LogP contribution in [0.1, 0.15) is 44.0 Å². The predicted octanol–water partition coefficient (Wildman–Crippen LogP) is 2.80. The minimum absolute atomic E-state index is 0.0482. The van der Waals surface area contributed by atoms with Crippen molar-refractivity contribution in [2.45, 2.75) is 33.6 Å². The van der Waals surface area contributed by atoms with Gasteiger partial charge in [-0.3, -0.25) is 4.79 Å². The SMILES string of the molecule is CCCCN(C)C(=O)c1ccc(N(CC)CC)nc1. The lowest BCUT2D eigenvalue weighted by atomic mass is 10.2. The molecule has 0 saturated carbocycles. The van der Waals surface area contributed by atoms with Crippen molar-refractivity contribution in [3.63, 3.8) is 0 Å². The molecule has 0 radical (unpaired) electrons. The molecular formula is C15H25N3O. The van der Waals surface area contributed by atoms with Crippen LogP contribution in [-0.4, -0.2) is 42.5 Å². The van der Waals surface area contributed by atoms with Gasteiger partial charge in [0, 0.05) is 32.9 Å². The van der Waals surface area contributed by atoms with Crippen molar-refractivity contribution in [1.82, 2.24) is 9.88 Å². The second kappa shape index (κ2) is 7.77. The molecule has 1 heterocycles. The van der Waals surface area contributed by atoms with Crippen LogP contribution in [-0.2, 0) is 0 Å². The fourth-order valence-corrected chi connectivity index (χ4v) is 1.96. The lowest BCUT2D eigenvalue weighted by Gasteiger charge is -2.20. The van der Waals surface area contributed by atoms with Crippen LogP contribution < -0.4 is 4.90 Å². The minimum atomic E-state index is 0.0482. The van der Waals surface area contributed by atoms with E-state index in [9.17, 15) is 4.79 Å². The van der Waals surface area contributed by atoms with E-state index in [4.69, 9.17) is 0 Å². The summed E-state index contributed by atoms with van der Waals surface area (Å²) in [6.45, 7) is 8.97. The molecule has 106 valence electrons. The van der Waals surface area contributed by atoms with Gasteiger partial charge in [0.2, 0.25) is 0 Å². The Morgan fingerprint density at radius 2 is 1.89 bits per heavy atom. The average Bonchev–Trinajstić information content (AvgIpc) is 2.46. The van der Waals surface area contributed by atoms with Gasteiger partial charge >= 0.3 is 0 Å². The number of amides is 1. The number of hydrogen-bond acceptors (Lipinski definition) is 3. The Bertz CT molecular complexity index is 385. The van der Waals surface area contributed by atoms with E-state index in [0.29, 0.717) is 5.56 Å². The van der Waals surface area contributed by atoms with Crippen molar-refractivity contribution < 1.29 is 4.79 Å². The van der Waals surface area contributed by atoms with Crippen LogP contribution in [0, 0.1) is 0 Å². The van der Waals surface area contributed by atoms with Gasteiger partial charge in [0.15, 0.2) is 0 Å². The Morgan fingerprint density at radius 1 is 1.21 bits per heavy atom. The zero-order chi connectivity index (χ0) is 14.3. The Hall–Kier alpha value is -1.58. The third-order valence-electron chi connectivity index (χ3n) is 3.28. The van der Waals surface area contributed by atoms with Gasteiger partial charge in [0.05, 0.1) is 5.56 Å². The molecule has 1 aromatic rings. The summed E-state index contributed by atoms with van der Waals surface area (Å²) in [6.07, 6.45) is 3.81. The molecule has 0 saturated heterocycles. The maximum absolute atomic E-state index is 12.1. The highest BCUT2D eigenvalue weighted by Gasteiger charge is 2.12.